The van der Waals surface area contributed by atoms with Gasteiger partial charge in [0.1, 0.15) is 5.82 Å². The monoisotopic (exact) mass is 353 g/mol. The number of aromatic nitrogens is 6. The van der Waals surface area contributed by atoms with Crippen molar-refractivity contribution in [2.75, 3.05) is 11.9 Å². The molecule has 0 spiro atoms. The normalized spacial score (nSPS) is 11.5. The lowest BCUT2D eigenvalue weighted by molar-refractivity contribution is 0.715. The van der Waals surface area contributed by atoms with E-state index in [-0.39, 0.29) is 0 Å². The second kappa shape index (κ2) is 5.87. The molecule has 0 saturated heterocycles. The molecule has 3 heterocycles. The van der Waals surface area contributed by atoms with Crippen LogP contribution >= 0.6 is 0 Å². The number of para-hydroxylation sites is 2. The zero-order valence-corrected chi connectivity index (χ0v) is 14.8. The SMILES string of the molecule is Cc1nc2ccccc2n1CCNc1nc2c(c(=O)[nH]c(=O)n2C)n1C. The van der Waals surface area contributed by atoms with Crippen LogP contribution in [-0.2, 0) is 20.6 Å². The number of aryl methyl sites for hydroxylation is 3. The van der Waals surface area contributed by atoms with Crippen molar-refractivity contribution in [1.82, 2.24) is 28.7 Å². The van der Waals surface area contributed by atoms with Gasteiger partial charge in [-0.25, -0.2) is 9.78 Å². The molecule has 3 aromatic heterocycles. The van der Waals surface area contributed by atoms with Gasteiger partial charge < -0.3 is 14.5 Å². The van der Waals surface area contributed by atoms with Crippen LogP contribution in [0.25, 0.3) is 22.2 Å². The summed E-state index contributed by atoms with van der Waals surface area (Å²) in [4.78, 5) is 35.1. The highest BCUT2D eigenvalue weighted by molar-refractivity contribution is 5.76. The fourth-order valence-corrected chi connectivity index (χ4v) is 3.22. The molecule has 4 aromatic rings. The molecule has 0 saturated carbocycles. The molecule has 0 aliphatic rings. The van der Waals surface area contributed by atoms with E-state index in [1.807, 2.05) is 31.2 Å². The second-order valence-electron chi connectivity index (χ2n) is 6.21. The first-order chi connectivity index (χ1) is 12.5. The number of benzene rings is 1. The largest absolute Gasteiger partial charge is 0.354 e. The van der Waals surface area contributed by atoms with Crippen LogP contribution in [0.15, 0.2) is 33.9 Å². The molecule has 0 amide bonds. The Kier molecular flexibility index (Phi) is 3.64. The van der Waals surface area contributed by atoms with Crippen LogP contribution in [0, 0.1) is 6.92 Å². The van der Waals surface area contributed by atoms with E-state index in [1.54, 1.807) is 18.7 Å². The summed E-state index contributed by atoms with van der Waals surface area (Å²) in [5.41, 5.74) is 1.84. The van der Waals surface area contributed by atoms with Gasteiger partial charge in [0, 0.05) is 27.2 Å². The number of hydrogen-bond acceptors (Lipinski definition) is 5. The smallest absolute Gasteiger partial charge is 0.329 e. The van der Waals surface area contributed by atoms with Crippen molar-refractivity contribution in [2.45, 2.75) is 13.5 Å². The average molecular weight is 353 g/mol. The molecule has 0 bridgehead atoms. The molecule has 1 aromatic carbocycles. The number of hydrogen-bond donors (Lipinski definition) is 2. The van der Waals surface area contributed by atoms with Crippen LogP contribution in [0.3, 0.4) is 0 Å². The molecule has 0 aliphatic carbocycles. The maximum Gasteiger partial charge on any atom is 0.329 e. The molecule has 0 aliphatic heterocycles. The van der Waals surface area contributed by atoms with Crippen molar-refractivity contribution < 1.29 is 0 Å². The van der Waals surface area contributed by atoms with E-state index in [0.717, 1.165) is 16.9 Å². The Labute approximate surface area is 147 Å². The number of rotatable bonds is 4. The predicted octanol–water partition coefficient (Wildman–Crippen LogP) is 0.731. The molecule has 0 unspecified atom stereocenters. The van der Waals surface area contributed by atoms with Crippen molar-refractivity contribution in [3.05, 3.63) is 50.9 Å². The van der Waals surface area contributed by atoms with E-state index in [0.29, 0.717) is 30.2 Å². The molecule has 134 valence electrons. The molecule has 2 N–H and O–H groups in total. The van der Waals surface area contributed by atoms with Gasteiger partial charge in [0.15, 0.2) is 11.2 Å². The van der Waals surface area contributed by atoms with Gasteiger partial charge in [-0.1, -0.05) is 12.1 Å². The standard InChI is InChI=1S/C17H19N7O2/c1-10-19-11-6-4-5-7-12(11)24(10)9-8-18-16-20-14-13(22(16)2)15(25)21-17(26)23(14)3/h4-7H,8-9H2,1-3H3,(H,18,20)(H,21,25,26). The van der Waals surface area contributed by atoms with E-state index in [4.69, 9.17) is 0 Å². The second-order valence-corrected chi connectivity index (χ2v) is 6.21. The van der Waals surface area contributed by atoms with Crippen LogP contribution in [0.4, 0.5) is 5.95 Å². The zero-order chi connectivity index (χ0) is 18.4. The summed E-state index contributed by atoms with van der Waals surface area (Å²) < 4.78 is 5.12. The topological polar surface area (TPSA) is 103 Å². The lowest BCUT2D eigenvalue weighted by Crippen LogP contribution is -2.29. The van der Waals surface area contributed by atoms with Gasteiger partial charge in [-0.05, 0) is 19.1 Å². The molecule has 0 radical (unpaired) electrons. The number of nitrogens with one attached hydrogen (secondary N) is 2. The van der Waals surface area contributed by atoms with E-state index >= 15 is 0 Å². The Bertz CT molecular complexity index is 1240. The molecule has 26 heavy (non-hydrogen) atoms. The molecular formula is C17H19N7O2. The maximum atomic E-state index is 12.1. The van der Waals surface area contributed by atoms with Gasteiger partial charge in [0.25, 0.3) is 5.56 Å². The Morgan fingerprint density at radius 3 is 2.69 bits per heavy atom. The zero-order valence-electron chi connectivity index (χ0n) is 14.8. The average Bonchev–Trinajstić information content (AvgIpc) is 3.11. The Balaban J connectivity index is 1.62. The summed E-state index contributed by atoms with van der Waals surface area (Å²) in [5, 5.41) is 3.24. The number of nitrogens with zero attached hydrogens (tertiary/aromatic N) is 5. The molecule has 9 nitrogen and oxygen atoms in total. The lowest BCUT2D eigenvalue weighted by Gasteiger charge is -2.09. The molecule has 4 rings (SSSR count). The van der Waals surface area contributed by atoms with Crippen LogP contribution in [-0.4, -0.2) is 35.2 Å². The first-order valence-corrected chi connectivity index (χ1v) is 8.29. The highest BCUT2D eigenvalue weighted by Crippen LogP contribution is 2.16. The minimum Gasteiger partial charge on any atom is -0.354 e. The van der Waals surface area contributed by atoms with Gasteiger partial charge in [-0.3, -0.25) is 14.3 Å². The van der Waals surface area contributed by atoms with Gasteiger partial charge in [0.05, 0.1) is 11.0 Å². The molecule has 9 heteroatoms. The summed E-state index contributed by atoms with van der Waals surface area (Å²) in [6.07, 6.45) is 0. The third kappa shape index (κ3) is 2.40. The summed E-state index contributed by atoms with van der Waals surface area (Å²) in [7, 11) is 3.33. The number of anilines is 1. The van der Waals surface area contributed by atoms with Gasteiger partial charge in [0.2, 0.25) is 5.95 Å². The molecular weight excluding hydrogens is 334 g/mol. The van der Waals surface area contributed by atoms with E-state index in [2.05, 4.69) is 24.8 Å². The Morgan fingerprint density at radius 1 is 1.12 bits per heavy atom. The Morgan fingerprint density at radius 2 is 1.88 bits per heavy atom. The quantitative estimate of drug-likeness (QED) is 0.563. The summed E-state index contributed by atoms with van der Waals surface area (Å²) >= 11 is 0. The van der Waals surface area contributed by atoms with Gasteiger partial charge in [-0.2, -0.15) is 4.98 Å². The number of fused-ring (bicyclic) bond motifs is 2. The number of imidazole rings is 2. The lowest BCUT2D eigenvalue weighted by atomic mass is 10.3. The first kappa shape index (κ1) is 16.1. The fourth-order valence-electron chi connectivity index (χ4n) is 3.22. The van der Waals surface area contributed by atoms with Crippen molar-refractivity contribution in [3.8, 4) is 0 Å². The van der Waals surface area contributed by atoms with Crippen LogP contribution in [0.2, 0.25) is 0 Å². The van der Waals surface area contributed by atoms with Gasteiger partial charge in [-0.15, -0.1) is 0 Å². The summed E-state index contributed by atoms with van der Waals surface area (Å²) in [6.45, 7) is 3.28. The predicted molar refractivity (Wildman–Crippen MR) is 99.5 cm³/mol. The maximum absolute atomic E-state index is 12.1. The van der Waals surface area contributed by atoms with Crippen LogP contribution < -0.4 is 16.6 Å². The van der Waals surface area contributed by atoms with Gasteiger partial charge >= 0.3 is 5.69 Å². The first-order valence-electron chi connectivity index (χ1n) is 8.29. The van der Waals surface area contributed by atoms with Crippen molar-refractivity contribution in [1.29, 1.82) is 0 Å². The third-order valence-corrected chi connectivity index (χ3v) is 4.60. The third-order valence-electron chi connectivity index (χ3n) is 4.60. The minimum absolute atomic E-state index is 0.355. The van der Waals surface area contributed by atoms with E-state index in [1.165, 1.54) is 4.57 Å². The van der Waals surface area contributed by atoms with Crippen LogP contribution in [0.1, 0.15) is 5.82 Å². The van der Waals surface area contributed by atoms with E-state index in [9.17, 15) is 9.59 Å². The number of H-pyrrole nitrogens is 1. The summed E-state index contributed by atoms with van der Waals surface area (Å²) in [5.74, 6) is 1.48. The van der Waals surface area contributed by atoms with Crippen LogP contribution in [0.5, 0.6) is 0 Å². The van der Waals surface area contributed by atoms with Crippen molar-refractivity contribution in [3.63, 3.8) is 0 Å². The minimum atomic E-state index is -0.479. The highest BCUT2D eigenvalue weighted by Gasteiger charge is 2.14. The molecule has 0 fully saturated rings. The van der Waals surface area contributed by atoms with Crippen molar-refractivity contribution in [2.24, 2.45) is 14.1 Å². The van der Waals surface area contributed by atoms with E-state index < -0.39 is 11.2 Å². The number of aromatic amines is 1. The highest BCUT2D eigenvalue weighted by atomic mass is 16.2. The molecule has 0 atom stereocenters. The Hall–Kier alpha value is -3.36. The fraction of sp³-hybridized carbons (Fsp3) is 0.294. The van der Waals surface area contributed by atoms with Crippen molar-refractivity contribution >= 4 is 28.1 Å². The summed E-state index contributed by atoms with van der Waals surface area (Å²) in [6, 6.07) is 7.99.